The fourth-order valence-electron chi connectivity index (χ4n) is 2.67. The van der Waals surface area contributed by atoms with Gasteiger partial charge in [0.1, 0.15) is 5.01 Å². The van der Waals surface area contributed by atoms with E-state index >= 15 is 0 Å². The molecule has 2 aromatic heterocycles. The highest BCUT2D eigenvalue weighted by Gasteiger charge is 2.16. The first kappa shape index (κ1) is 14.6. The van der Waals surface area contributed by atoms with Gasteiger partial charge in [0.05, 0.1) is 11.4 Å². The maximum atomic E-state index is 4.66. The van der Waals surface area contributed by atoms with Gasteiger partial charge in [0, 0.05) is 18.1 Å². The third-order valence-electron chi connectivity index (χ3n) is 4.01. The molecule has 3 heterocycles. The summed E-state index contributed by atoms with van der Waals surface area (Å²) in [6.45, 7) is 4.42. The Balaban J connectivity index is 1.47. The van der Waals surface area contributed by atoms with E-state index in [4.69, 9.17) is 0 Å². The Morgan fingerprint density at radius 2 is 2.19 bits per heavy atom. The topological polar surface area (TPSA) is 41.0 Å². The predicted octanol–water partition coefficient (Wildman–Crippen LogP) is 2.64. The quantitative estimate of drug-likeness (QED) is 0.922. The molecule has 1 aliphatic heterocycles. The molecule has 3 rings (SSSR count). The van der Waals surface area contributed by atoms with Crippen molar-refractivity contribution >= 4 is 11.3 Å². The van der Waals surface area contributed by atoms with Crippen molar-refractivity contribution in [3.05, 3.63) is 35.5 Å². The van der Waals surface area contributed by atoms with E-state index in [0.29, 0.717) is 0 Å². The van der Waals surface area contributed by atoms with Gasteiger partial charge in [-0.1, -0.05) is 6.07 Å². The average molecular weight is 302 g/mol. The minimum absolute atomic E-state index is 0.815. The predicted molar refractivity (Wildman–Crippen MR) is 87.3 cm³/mol. The van der Waals surface area contributed by atoms with E-state index in [1.165, 1.54) is 25.9 Å². The fourth-order valence-corrected chi connectivity index (χ4v) is 3.46. The number of likely N-dealkylation sites (tertiary alicyclic amines) is 1. The fraction of sp³-hybridized carbons (Fsp3) is 0.500. The molecule has 0 unspecified atom stereocenters. The zero-order valence-corrected chi connectivity index (χ0v) is 13.3. The molecule has 5 heteroatoms. The van der Waals surface area contributed by atoms with Gasteiger partial charge in [-0.3, -0.25) is 4.98 Å². The summed E-state index contributed by atoms with van der Waals surface area (Å²) >= 11 is 1.67. The molecule has 0 amide bonds. The summed E-state index contributed by atoms with van der Waals surface area (Å²) in [7, 11) is 2.21. The summed E-state index contributed by atoms with van der Waals surface area (Å²) in [4.78, 5) is 11.4. The molecule has 0 bridgehead atoms. The van der Waals surface area contributed by atoms with Gasteiger partial charge in [0.2, 0.25) is 0 Å². The van der Waals surface area contributed by atoms with Crippen molar-refractivity contribution in [3.8, 4) is 10.7 Å². The van der Waals surface area contributed by atoms with E-state index in [1.54, 1.807) is 11.3 Å². The molecule has 4 nitrogen and oxygen atoms in total. The summed E-state index contributed by atoms with van der Waals surface area (Å²) in [6.07, 6.45) is 4.42. The van der Waals surface area contributed by atoms with Crippen LogP contribution in [0.25, 0.3) is 10.7 Å². The highest BCUT2D eigenvalue weighted by atomic mass is 32.1. The second-order valence-electron chi connectivity index (χ2n) is 5.74. The third-order valence-corrected chi connectivity index (χ3v) is 4.93. The molecule has 1 aliphatic rings. The summed E-state index contributed by atoms with van der Waals surface area (Å²) < 4.78 is 0. The number of rotatable bonds is 5. The van der Waals surface area contributed by atoms with Crippen molar-refractivity contribution in [2.45, 2.75) is 19.4 Å². The maximum absolute atomic E-state index is 4.66. The van der Waals surface area contributed by atoms with Crippen LogP contribution in [0.5, 0.6) is 0 Å². The smallest absolute Gasteiger partial charge is 0.142 e. The number of nitrogens with one attached hydrogen (secondary N) is 1. The van der Waals surface area contributed by atoms with E-state index < -0.39 is 0 Å². The summed E-state index contributed by atoms with van der Waals surface area (Å²) in [6, 6.07) is 5.94. The number of nitrogens with zero attached hydrogens (tertiary/aromatic N) is 3. The highest BCUT2D eigenvalue weighted by molar-refractivity contribution is 7.13. The van der Waals surface area contributed by atoms with Gasteiger partial charge >= 0.3 is 0 Å². The summed E-state index contributed by atoms with van der Waals surface area (Å²) in [5.41, 5.74) is 2.08. The molecule has 0 saturated carbocycles. The van der Waals surface area contributed by atoms with E-state index in [0.717, 1.165) is 35.4 Å². The van der Waals surface area contributed by atoms with Crippen LogP contribution in [-0.2, 0) is 6.54 Å². The molecular formula is C16H22N4S. The van der Waals surface area contributed by atoms with E-state index in [1.807, 2.05) is 24.4 Å². The Morgan fingerprint density at radius 3 is 2.95 bits per heavy atom. The minimum atomic E-state index is 0.815. The lowest BCUT2D eigenvalue weighted by Gasteiger charge is -2.28. The highest BCUT2D eigenvalue weighted by Crippen LogP contribution is 2.21. The van der Waals surface area contributed by atoms with Crippen LogP contribution in [0.3, 0.4) is 0 Å². The Morgan fingerprint density at radius 1 is 1.33 bits per heavy atom. The lowest BCUT2D eigenvalue weighted by molar-refractivity contribution is 0.216. The van der Waals surface area contributed by atoms with E-state index in [2.05, 4.69) is 32.6 Å². The number of aromatic nitrogens is 2. The van der Waals surface area contributed by atoms with Gasteiger partial charge in [-0.25, -0.2) is 4.98 Å². The average Bonchev–Trinajstić information content (AvgIpc) is 2.99. The second kappa shape index (κ2) is 7.11. The molecule has 1 N–H and O–H groups in total. The maximum Gasteiger partial charge on any atom is 0.142 e. The van der Waals surface area contributed by atoms with Crippen LogP contribution in [-0.4, -0.2) is 41.5 Å². The minimum Gasteiger partial charge on any atom is -0.311 e. The van der Waals surface area contributed by atoms with Gasteiger partial charge < -0.3 is 10.2 Å². The molecule has 21 heavy (non-hydrogen) atoms. The van der Waals surface area contributed by atoms with Crippen LogP contribution in [0.2, 0.25) is 0 Å². The lowest BCUT2D eigenvalue weighted by atomic mass is 9.97. The monoisotopic (exact) mass is 302 g/mol. The molecule has 0 radical (unpaired) electrons. The first-order chi connectivity index (χ1) is 10.3. The van der Waals surface area contributed by atoms with Crippen molar-refractivity contribution in [2.24, 2.45) is 5.92 Å². The number of hydrogen-bond acceptors (Lipinski definition) is 5. The molecule has 1 fully saturated rings. The second-order valence-corrected chi connectivity index (χ2v) is 6.59. The molecule has 2 aromatic rings. The van der Waals surface area contributed by atoms with Crippen molar-refractivity contribution in [3.63, 3.8) is 0 Å². The number of thiazole rings is 1. The van der Waals surface area contributed by atoms with Crippen LogP contribution < -0.4 is 5.32 Å². The van der Waals surface area contributed by atoms with Crippen molar-refractivity contribution < 1.29 is 0 Å². The molecule has 0 aliphatic carbocycles. The Hall–Kier alpha value is -1.30. The Bertz CT molecular complexity index is 546. The van der Waals surface area contributed by atoms with Crippen LogP contribution >= 0.6 is 11.3 Å². The zero-order chi connectivity index (χ0) is 14.5. The van der Waals surface area contributed by atoms with Gasteiger partial charge in [-0.15, -0.1) is 11.3 Å². The standard InChI is InChI=1S/C16H22N4S/c1-20-8-5-13(6-9-20)10-17-11-14-12-21-16(19-14)15-4-2-3-7-18-15/h2-4,7,12-13,17H,5-6,8-11H2,1H3. The lowest BCUT2D eigenvalue weighted by Crippen LogP contribution is -2.34. The van der Waals surface area contributed by atoms with Crippen LogP contribution in [0.15, 0.2) is 29.8 Å². The first-order valence-electron chi connectivity index (χ1n) is 7.56. The zero-order valence-electron chi connectivity index (χ0n) is 12.5. The molecular weight excluding hydrogens is 280 g/mol. The van der Waals surface area contributed by atoms with Gasteiger partial charge in [0.25, 0.3) is 0 Å². The van der Waals surface area contributed by atoms with E-state index in [9.17, 15) is 0 Å². The summed E-state index contributed by atoms with van der Waals surface area (Å²) in [5, 5.41) is 6.69. The van der Waals surface area contributed by atoms with E-state index in [-0.39, 0.29) is 0 Å². The number of hydrogen-bond donors (Lipinski definition) is 1. The first-order valence-corrected chi connectivity index (χ1v) is 8.44. The van der Waals surface area contributed by atoms with Crippen molar-refractivity contribution in [1.82, 2.24) is 20.2 Å². The molecule has 0 aromatic carbocycles. The SMILES string of the molecule is CN1CCC(CNCc2csc(-c3ccccn3)n2)CC1. The van der Waals surface area contributed by atoms with Gasteiger partial charge in [-0.2, -0.15) is 0 Å². The normalized spacial score (nSPS) is 17.2. The van der Waals surface area contributed by atoms with Crippen LogP contribution in [0.1, 0.15) is 18.5 Å². The van der Waals surface area contributed by atoms with Crippen molar-refractivity contribution in [2.75, 3.05) is 26.7 Å². The Kier molecular flexibility index (Phi) is 4.95. The van der Waals surface area contributed by atoms with Crippen LogP contribution in [0.4, 0.5) is 0 Å². The Labute approximate surface area is 130 Å². The summed E-state index contributed by atoms with van der Waals surface area (Å²) in [5.74, 6) is 0.815. The third kappa shape index (κ3) is 4.09. The largest absolute Gasteiger partial charge is 0.311 e. The molecule has 0 atom stereocenters. The molecule has 0 spiro atoms. The number of pyridine rings is 1. The molecule has 112 valence electrons. The number of piperidine rings is 1. The van der Waals surface area contributed by atoms with Gasteiger partial charge in [0.15, 0.2) is 0 Å². The van der Waals surface area contributed by atoms with Crippen LogP contribution in [0, 0.1) is 5.92 Å². The molecule has 1 saturated heterocycles. The van der Waals surface area contributed by atoms with Crippen molar-refractivity contribution in [1.29, 1.82) is 0 Å². The van der Waals surface area contributed by atoms with Gasteiger partial charge in [-0.05, 0) is 57.6 Å².